The lowest BCUT2D eigenvalue weighted by atomic mass is 10.2. The average molecular weight is 440 g/mol. The van der Waals surface area contributed by atoms with Crippen LogP contribution < -0.4 is 15.4 Å². The number of nitrogens with zero attached hydrogens (tertiary/aromatic N) is 4. The molecule has 1 aromatic carbocycles. The fourth-order valence-electron chi connectivity index (χ4n) is 2.93. The van der Waals surface area contributed by atoms with E-state index in [9.17, 15) is 8.42 Å². The lowest BCUT2D eigenvalue weighted by Gasteiger charge is -2.09. The van der Waals surface area contributed by atoms with E-state index >= 15 is 0 Å². The summed E-state index contributed by atoms with van der Waals surface area (Å²) in [6, 6.07) is 12.7. The van der Waals surface area contributed by atoms with Crippen LogP contribution in [0.4, 0.5) is 17.5 Å². The summed E-state index contributed by atoms with van der Waals surface area (Å²) in [5, 5.41) is 10.7. The number of anilines is 3. The predicted molar refractivity (Wildman–Crippen MR) is 117 cm³/mol. The van der Waals surface area contributed by atoms with Gasteiger partial charge in [-0.3, -0.25) is 0 Å². The van der Waals surface area contributed by atoms with E-state index in [0.717, 1.165) is 5.56 Å². The first-order valence-electron chi connectivity index (χ1n) is 9.55. The monoisotopic (exact) mass is 439 g/mol. The summed E-state index contributed by atoms with van der Waals surface area (Å²) in [5.41, 5.74) is 2.02. The van der Waals surface area contributed by atoms with E-state index in [1.165, 1.54) is 6.33 Å². The van der Waals surface area contributed by atoms with Crippen molar-refractivity contribution in [3.63, 3.8) is 0 Å². The van der Waals surface area contributed by atoms with E-state index < -0.39 is 10.0 Å². The first-order valence-corrected chi connectivity index (χ1v) is 11.2. The molecule has 160 valence electrons. The number of hydrogen-bond donors (Lipinski definition) is 3. The summed E-state index contributed by atoms with van der Waals surface area (Å²) in [7, 11) is -3.57. The second kappa shape index (κ2) is 9.06. The van der Waals surface area contributed by atoms with Gasteiger partial charge in [-0.2, -0.15) is 0 Å². The quantitative estimate of drug-likeness (QED) is 0.336. The van der Waals surface area contributed by atoms with Gasteiger partial charge < -0.3 is 15.2 Å². The Bertz CT molecular complexity index is 1290. The predicted octanol–water partition coefficient (Wildman–Crippen LogP) is 2.60. The molecule has 0 saturated heterocycles. The van der Waals surface area contributed by atoms with Crippen LogP contribution in [0.3, 0.4) is 0 Å². The van der Waals surface area contributed by atoms with Crippen LogP contribution in [0.15, 0.2) is 59.5 Å². The van der Waals surface area contributed by atoms with Crippen LogP contribution in [0.25, 0.3) is 11.0 Å². The molecule has 11 heteroatoms. The Labute approximate surface area is 179 Å². The van der Waals surface area contributed by atoms with Crippen molar-refractivity contribution < 1.29 is 12.9 Å². The topological polar surface area (TPSA) is 135 Å². The number of nitrogens with one attached hydrogen (secondary N) is 3. The first kappa shape index (κ1) is 20.7. The maximum Gasteiger partial charge on any atom is 0.217 e. The molecule has 0 unspecified atom stereocenters. The van der Waals surface area contributed by atoms with Crippen molar-refractivity contribution in [1.82, 2.24) is 24.8 Å². The molecular weight excluding hydrogens is 418 g/mol. The maximum atomic E-state index is 12.4. The molecule has 0 saturated carbocycles. The number of benzene rings is 1. The Morgan fingerprint density at radius 3 is 2.65 bits per heavy atom. The van der Waals surface area contributed by atoms with E-state index in [4.69, 9.17) is 4.52 Å². The minimum atomic E-state index is -3.57. The van der Waals surface area contributed by atoms with E-state index in [0.29, 0.717) is 40.7 Å². The molecule has 31 heavy (non-hydrogen) atoms. The Morgan fingerprint density at radius 2 is 1.77 bits per heavy atom. The molecular formula is C20H21N7O3S. The molecule has 0 fully saturated rings. The molecule has 0 aliphatic heterocycles. The molecule has 10 nitrogen and oxygen atoms in total. The van der Waals surface area contributed by atoms with Gasteiger partial charge in [0, 0.05) is 30.7 Å². The summed E-state index contributed by atoms with van der Waals surface area (Å²) < 4.78 is 32.5. The fraction of sp³-hybridized carbons (Fsp3) is 0.200. The molecule has 3 aromatic heterocycles. The largest absolute Gasteiger partial charge is 0.369 e. The number of pyridine rings is 1. The number of aromatic nitrogens is 4. The van der Waals surface area contributed by atoms with Crippen molar-refractivity contribution in [2.45, 2.75) is 12.7 Å². The third-order valence-electron chi connectivity index (χ3n) is 4.37. The summed E-state index contributed by atoms with van der Waals surface area (Å²) in [6.45, 7) is 2.51. The highest BCUT2D eigenvalue weighted by Crippen LogP contribution is 2.19. The molecule has 0 bridgehead atoms. The fourth-order valence-corrected chi connectivity index (χ4v) is 4.01. The minimum Gasteiger partial charge on any atom is -0.369 e. The number of rotatable bonds is 9. The van der Waals surface area contributed by atoms with Crippen molar-refractivity contribution in [2.24, 2.45) is 0 Å². The summed E-state index contributed by atoms with van der Waals surface area (Å²) >= 11 is 0. The zero-order valence-electron chi connectivity index (χ0n) is 16.7. The Morgan fingerprint density at radius 1 is 0.968 bits per heavy atom. The average Bonchev–Trinajstić information content (AvgIpc) is 3.14. The highest BCUT2D eigenvalue weighted by molar-refractivity contribution is 7.88. The molecule has 0 amide bonds. The lowest BCUT2D eigenvalue weighted by molar-refractivity contribution is 0.448. The number of para-hydroxylation sites is 1. The van der Waals surface area contributed by atoms with Crippen LogP contribution in [-0.4, -0.2) is 41.6 Å². The molecule has 0 aliphatic carbocycles. The van der Waals surface area contributed by atoms with Gasteiger partial charge in [0.05, 0.1) is 0 Å². The SMILES string of the molecule is Cc1ccnc(Nc2cc(NCCNS(=O)(=O)Cc3noc4ccccc34)ncn2)c1. The van der Waals surface area contributed by atoms with Gasteiger partial charge in [-0.25, -0.2) is 28.1 Å². The smallest absolute Gasteiger partial charge is 0.217 e. The van der Waals surface area contributed by atoms with Gasteiger partial charge in [-0.05, 0) is 36.8 Å². The summed E-state index contributed by atoms with van der Waals surface area (Å²) in [4.78, 5) is 12.6. The number of aryl methyl sites for hydroxylation is 1. The molecule has 3 heterocycles. The van der Waals surface area contributed by atoms with E-state index in [-0.39, 0.29) is 12.3 Å². The van der Waals surface area contributed by atoms with Crippen molar-refractivity contribution in [3.05, 3.63) is 66.2 Å². The van der Waals surface area contributed by atoms with E-state index in [2.05, 4.69) is 35.5 Å². The highest BCUT2D eigenvalue weighted by atomic mass is 32.2. The maximum absolute atomic E-state index is 12.4. The second-order valence-electron chi connectivity index (χ2n) is 6.84. The highest BCUT2D eigenvalue weighted by Gasteiger charge is 2.16. The summed E-state index contributed by atoms with van der Waals surface area (Å²) in [5.74, 6) is 1.56. The second-order valence-corrected chi connectivity index (χ2v) is 8.64. The standard InChI is InChI=1S/C20H21N7O3S/c1-14-6-7-21-19(10-14)26-20-11-18(23-13-24-20)22-8-9-25-31(28,29)12-16-15-4-2-3-5-17(15)30-27-16/h2-7,10-11,13,25H,8-9,12H2,1H3,(H2,21,22,23,24,26). The van der Waals surface area contributed by atoms with Crippen molar-refractivity contribution in [1.29, 1.82) is 0 Å². The molecule has 4 aromatic rings. The van der Waals surface area contributed by atoms with Gasteiger partial charge in [0.2, 0.25) is 10.0 Å². The van der Waals surface area contributed by atoms with Gasteiger partial charge in [0.15, 0.2) is 5.58 Å². The van der Waals surface area contributed by atoms with Crippen LogP contribution in [0.1, 0.15) is 11.3 Å². The molecule has 0 radical (unpaired) electrons. The number of fused-ring (bicyclic) bond motifs is 1. The van der Waals surface area contributed by atoms with E-state index in [1.54, 1.807) is 30.5 Å². The number of sulfonamides is 1. The molecule has 3 N–H and O–H groups in total. The molecule has 0 spiro atoms. The van der Waals surface area contributed by atoms with Crippen LogP contribution >= 0.6 is 0 Å². The van der Waals surface area contributed by atoms with Crippen LogP contribution in [-0.2, 0) is 15.8 Å². The third kappa shape index (κ3) is 5.53. The molecule has 0 aliphatic rings. The van der Waals surface area contributed by atoms with Crippen LogP contribution in [0.5, 0.6) is 0 Å². The summed E-state index contributed by atoms with van der Waals surface area (Å²) in [6.07, 6.45) is 3.13. The van der Waals surface area contributed by atoms with Crippen LogP contribution in [0.2, 0.25) is 0 Å². The molecule has 0 atom stereocenters. The lowest BCUT2D eigenvalue weighted by Crippen LogP contribution is -2.30. The van der Waals surface area contributed by atoms with Crippen molar-refractivity contribution in [2.75, 3.05) is 23.7 Å². The number of hydrogen-bond acceptors (Lipinski definition) is 9. The Hall–Kier alpha value is -3.57. The van der Waals surface area contributed by atoms with Crippen LogP contribution in [0, 0.1) is 6.92 Å². The van der Waals surface area contributed by atoms with Gasteiger partial charge in [-0.15, -0.1) is 0 Å². The zero-order valence-corrected chi connectivity index (χ0v) is 17.6. The van der Waals surface area contributed by atoms with Gasteiger partial charge in [-0.1, -0.05) is 17.3 Å². The normalized spacial score (nSPS) is 11.5. The molecule has 4 rings (SSSR count). The first-order chi connectivity index (χ1) is 15.0. The Balaban J connectivity index is 1.29. The van der Waals surface area contributed by atoms with Crippen molar-refractivity contribution >= 4 is 38.4 Å². The minimum absolute atomic E-state index is 0.185. The van der Waals surface area contributed by atoms with Gasteiger partial charge in [0.25, 0.3) is 0 Å². The van der Waals surface area contributed by atoms with Gasteiger partial charge >= 0.3 is 0 Å². The zero-order chi connectivity index (χ0) is 21.7. The van der Waals surface area contributed by atoms with Gasteiger partial charge in [0.1, 0.15) is 35.2 Å². The van der Waals surface area contributed by atoms with E-state index in [1.807, 2.05) is 25.1 Å². The Kier molecular flexibility index (Phi) is 6.05. The van der Waals surface area contributed by atoms with Crippen molar-refractivity contribution in [3.8, 4) is 0 Å². The third-order valence-corrected chi connectivity index (χ3v) is 5.67.